The average molecular weight is 363 g/mol. The van der Waals surface area contributed by atoms with Crippen molar-refractivity contribution in [3.05, 3.63) is 15.1 Å². The van der Waals surface area contributed by atoms with Crippen molar-refractivity contribution in [1.82, 2.24) is 9.97 Å². The monoisotopic (exact) mass is 363 g/mol. The van der Waals surface area contributed by atoms with Crippen LogP contribution >= 0.6 is 34.4 Å². The number of aromatic nitrogens is 2. The van der Waals surface area contributed by atoms with Crippen LogP contribution in [0.5, 0.6) is 0 Å². The number of rotatable bonds is 3. The van der Waals surface area contributed by atoms with Crippen LogP contribution in [-0.4, -0.2) is 22.3 Å². The number of anilines is 1. The van der Waals surface area contributed by atoms with E-state index in [0.717, 1.165) is 27.5 Å². The number of thioether (sulfide) groups is 1. The molecule has 17 heavy (non-hydrogen) atoms. The van der Waals surface area contributed by atoms with Crippen molar-refractivity contribution in [2.45, 2.75) is 38.4 Å². The molecule has 0 spiro atoms. The van der Waals surface area contributed by atoms with Gasteiger partial charge in [0.15, 0.2) is 0 Å². The molecule has 2 heterocycles. The fourth-order valence-electron chi connectivity index (χ4n) is 1.95. The molecule has 0 aliphatic carbocycles. The van der Waals surface area contributed by atoms with E-state index in [0.29, 0.717) is 5.25 Å². The maximum Gasteiger partial charge on any atom is 0.144 e. The van der Waals surface area contributed by atoms with E-state index in [1.54, 1.807) is 0 Å². The topological polar surface area (TPSA) is 37.8 Å². The zero-order valence-corrected chi connectivity index (χ0v) is 13.3. The van der Waals surface area contributed by atoms with Crippen LogP contribution in [0.3, 0.4) is 0 Å². The van der Waals surface area contributed by atoms with Crippen LogP contribution < -0.4 is 5.32 Å². The number of halogens is 1. The molecular formula is C12H18IN3S. The summed E-state index contributed by atoms with van der Waals surface area (Å²) in [6.45, 7) is 5.08. The number of nitrogens with zero attached hydrogens (tertiary/aromatic N) is 2. The van der Waals surface area contributed by atoms with Gasteiger partial charge in [0, 0.05) is 6.54 Å². The Morgan fingerprint density at radius 1 is 1.41 bits per heavy atom. The predicted molar refractivity (Wildman–Crippen MR) is 82.7 cm³/mol. The SMILES string of the molecule is CCNc1nc(C2CCCCS2)nc(C)c1I. The molecule has 1 atom stereocenters. The molecule has 1 fully saturated rings. The summed E-state index contributed by atoms with van der Waals surface area (Å²) in [5, 5.41) is 3.83. The maximum atomic E-state index is 4.70. The van der Waals surface area contributed by atoms with E-state index in [2.05, 4.69) is 46.7 Å². The molecule has 0 radical (unpaired) electrons. The first kappa shape index (κ1) is 13.4. The van der Waals surface area contributed by atoms with Gasteiger partial charge in [0.1, 0.15) is 11.6 Å². The quantitative estimate of drug-likeness (QED) is 0.830. The summed E-state index contributed by atoms with van der Waals surface area (Å²) in [7, 11) is 0. The zero-order chi connectivity index (χ0) is 12.3. The van der Waals surface area contributed by atoms with E-state index < -0.39 is 0 Å². The van der Waals surface area contributed by atoms with Crippen LogP contribution in [0.1, 0.15) is 43.0 Å². The fourth-order valence-corrected chi connectivity index (χ4v) is 3.63. The highest BCUT2D eigenvalue weighted by Gasteiger charge is 2.20. The van der Waals surface area contributed by atoms with Gasteiger partial charge in [-0.1, -0.05) is 6.42 Å². The summed E-state index contributed by atoms with van der Waals surface area (Å²) >= 11 is 4.32. The largest absolute Gasteiger partial charge is 0.369 e. The van der Waals surface area contributed by atoms with Crippen molar-refractivity contribution >= 4 is 40.2 Å². The molecule has 1 aromatic rings. The highest BCUT2D eigenvalue weighted by atomic mass is 127. The minimum atomic E-state index is 0.497. The third kappa shape index (κ3) is 3.24. The smallest absolute Gasteiger partial charge is 0.144 e. The molecule has 3 nitrogen and oxygen atoms in total. The second kappa shape index (κ2) is 6.22. The standard InChI is InChI=1S/C12H18IN3S/c1-3-14-12-10(13)8(2)15-11(16-12)9-6-4-5-7-17-9/h9H,3-7H2,1-2H3,(H,14,15,16). The van der Waals surface area contributed by atoms with E-state index in [-0.39, 0.29) is 0 Å². The molecule has 1 aliphatic rings. The third-order valence-corrected chi connectivity index (χ3v) is 5.51. The van der Waals surface area contributed by atoms with Crippen molar-refractivity contribution < 1.29 is 0 Å². The molecule has 94 valence electrons. The number of aryl methyl sites for hydroxylation is 1. The molecule has 0 saturated carbocycles. The van der Waals surface area contributed by atoms with Gasteiger partial charge in [0.05, 0.1) is 14.5 Å². The summed E-state index contributed by atoms with van der Waals surface area (Å²) in [4.78, 5) is 9.36. The molecule has 1 aliphatic heterocycles. The summed E-state index contributed by atoms with van der Waals surface area (Å²) < 4.78 is 1.15. The third-order valence-electron chi connectivity index (χ3n) is 2.85. The molecule has 1 saturated heterocycles. The molecule has 0 aromatic carbocycles. The number of nitrogens with one attached hydrogen (secondary N) is 1. The lowest BCUT2D eigenvalue weighted by Gasteiger charge is -2.21. The second-order valence-electron chi connectivity index (χ2n) is 4.22. The molecular weight excluding hydrogens is 345 g/mol. The van der Waals surface area contributed by atoms with E-state index in [1.807, 2.05) is 11.8 Å². The van der Waals surface area contributed by atoms with Gasteiger partial charge in [0.25, 0.3) is 0 Å². The van der Waals surface area contributed by atoms with Gasteiger partial charge in [-0.15, -0.1) is 0 Å². The van der Waals surface area contributed by atoms with Gasteiger partial charge < -0.3 is 5.32 Å². The minimum absolute atomic E-state index is 0.497. The Morgan fingerprint density at radius 3 is 2.88 bits per heavy atom. The summed E-state index contributed by atoms with van der Waals surface area (Å²) in [5.74, 6) is 3.26. The van der Waals surface area contributed by atoms with Gasteiger partial charge in [-0.3, -0.25) is 0 Å². The van der Waals surface area contributed by atoms with Crippen LogP contribution in [0, 0.1) is 10.5 Å². The Hall–Kier alpha value is -0.0400. The van der Waals surface area contributed by atoms with Crippen molar-refractivity contribution in [1.29, 1.82) is 0 Å². The Labute approximate surface area is 121 Å². The van der Waals surface area contributed by atoms with E-state index >= 15 is 0 Å². The van der Waals surface area contributed by atoms with Crippen molar-refractivity contribution in [3.8, 4) is 0 Å². The number of hydrogen-bond donors (Lipinski definition) is 1. The van der Waals surface area contributed by atoms with Crippen molar-refractivity contribution in [2.75, 3.05) is 17.6 Å². The Kier molecular flexibility index (Phi) is 4.90. The molecule has 2 rings (SSSR count). The van der Waals surface area contributed by atoms with Crippen molar-refractivity contribution in [2.24, 2.45) is 0 Å². The molecule has 0 amide bonds. The van der Waals surface area contributed by atoms with Crippen LogP contribution in [0.25, 0.3) is 0 Å². The normalized spacial score (nSPS) is 20.3. The Balaban J connectivity index is 2.27. The van der Waals surface area contributed by atoms with Crippen LogP contribution in [0.15, 0.2) is 0 Å². The van der Waals surface area contributed by atoms with E-state index in [1.165, 1.54) is 25.0 Å². The molecule has 1 unspecified atom stereocenters. The van der Waals surface area contributed by atoms with Crippen LogP contribution in [0.4, 0.5) is 5.82 Å². The lowest BCUT2D eigenvalue weighted by atomic mass is 10.2. The average Bonchev–Trinajstić information content (AvgIpc) is 2.36. The molecule has 1 aromatic heterocycles. The highest BCUT2D eigenvalue weighted by Crippen LogP contribution is 2.37. The number of hydrogen-bond acceptors (Lipinski definition) is 4. The van der Waals surface area contributed by atoms with Crippen LogP contribution in [0.2, 0.25) is 0 Å². The highest BCUT2D eigenvalue weighted by molar-refractivity contribution is 14.1. The first-order valence-electron chi connectivity index (χ1n) is 6.12. The zero-order valence-electron chi connectivity index (χ0n) is 10.3. The van der Waals surface area contributed by atoms with Gasteiger partial charge in [-0.05, 0) is 55.0 Å². The minimum Gasteiger partial charge on any atom is -0.369 e. The molecule has 0 bridgehead atoms. The summed E-state index contributed by atoms with van der Waals surface area (Å²) in [6, 6.07) is 0. The van der Waals surface area contributed by atoms with Crippen LogP contribution in [-0.2, 0) is 0 Å². The van der Waals surface area contributed by atoms with E-state index in [9.17, 15) is 0 Å². The molecule has 5 heteroatoms. The first-order valence-corrected chi connectivity index (χ1v) is 8.24. The lowest BCUT2D eigenvalue weighted by molar-refractivity contribution is 0.660. The maximum absolute atomic E-state index is 4.70. The Bertz CT molecular complexity index is 392. The van der Waals surface area contributed by atoms with E-state index in [4.69, 9.17) is 4.98 Å². The van der Waals surface area contributed by atoms with Crippen molar-refractivity contribution in [3.63, 3.8) is 0 Å². The van der Waals surface area contributed by atoms with Gasteiger partial charge in [0.2, 0.25) is 0 Å². The lowest BCUT2D eigenvalue weighted by Crippen LogP contribution is -2.12. The van der Waals surface area contributed by atoms with Gasteiger partial charge in [-0.25, -0.2) is 9.97 Å². The van der Waals surface area contributed by atoms with Gasteiger partial charge in [-0.2, -0.15) is 11.8 Å². The van der Waals surface area contributed by atoms with Gasteiger partial charge >= 0.3 is 0 Å². The molecule has 1 N–H and O–H groups in total. The Morgan fingerprint density at radius 2 is 2.24 bits per heavy atom. The first-order chi connectivity index (χ1) is 8.22. The predicted octanol–water partition coefficient (Wildman–Crippen LogP) is 3.78. The fraction of sp³-hybridized carbons (Fsp3) is 0.667. The summed E-state index contributed by atoms with van der Waals surface area (Å²) in [6.07, 6.45) is 3.86. The summed E-state index contributed by atoms with van der Waals surface area (Å²) in [5.41, 5.74) is 1.10. The second-order valence-corrected chi connectivity index (χ2v) is 6.60.